The second-order valence-corrected chi connectivity index (χ2v) is 9.51. The first kappa shape index (κ1) is 23.9. The number of rotatable bonds is 7. The standard InChI is InChI=1S/C24H38ClN5O/c1-4-26-24(28-21-11-14-30(17-21)23(31)18(2)3)27-15-19-9-12-29(13-10-19)16-20-7-5-6-8-22(20)25/h5-8,18-19,21H,4,9-17H2,1-3H3,(H2,26,27,28). The number of nitrogens with one attached hydrogen (secondary N) is 2. The molecule has 6 nitrogen and oxygen atoms in total. The Labute approximate surface area is 192 Å². The normalized spacial score (nSPS) is 21.0. The van der Waals surface area contributed by atoms with Crippen molar-refractivity contribution in [3.8, 4) is 0 Å². The van der Waals surface area contributed by atoms with Crippen LogP contribution in [0.15, 0.2) is 29.3 Å². The number of likely N-dealkylation sites (tertiary alicyclic amines) is 2. The lowest BCUT2D eigenvalue weighted by atomic mass is 9.96. The Morgan fingerprint density at radius 3 is 2.61 bits per heavy atom. The minimum absolute atomic E-state index is 0.0597. The summed E-state index contributed by atoms with van der Waals surface area (Å²) >= 11 is 6.32. The van der Waals surface area contributed by atoms with Gasteiger partial charge in [-0.25, -0.2) is 0 Å². The smallest absolute Gasteiger partial charge is 0.225 e. The lowest BCUT2D eigenvalue weighted by molar-refractivity contribution is -0.133. The molecule has 2 fully saturated rings. The van der Waals surface area contributed by atoms with Gasteiger partial charge in [0.15, 0.2) is 5.96 Å². The molecule has 7 heteroatoms. The van der Waals surface area contributed by atoms with Gasteiger partial charge in [-0.2, -0.15) is 0 Å². The predicted octanol–water partition coefficient (Wildman–Crippen LogP) is 3.36. The number of hydrogen-bond acceptors (Lipinski definition) is 3. The Balaban J connectivity index is 1.45. The number of piperidine rings is 1. The molecule has 3 rings (SSSR count). The summed E-state index contributed by atoms with van der Waals surface area (Å²) in [5.74, 6) is 1.80. The van der Waals surface area contributed by atoms with Crippen molar-refractivity contribution >= 4 is 23.5 Å². The van der Waals surface area contributed by atoms with Crippen molar-refractivity contribution in [1.82, 2.24) is 20.4 Å². The Morgan fingerprint density at radius 1 is 1.19 bits per heavy atom. The number of carbonyl (C=O) groups excluding carboxylic acids is 1. The van der Waals surface area contributed by atoms with E-state index in [2.05, 4.69) is 34.6 Å². The van der Waals surface area contributed by atoms with Crippen molar-refractivity contribution < 1.29 is 4.79 Å². The molecule has 0 aromatic heterocycles. The molecule has 0 saturated carbocycles. The van der Waals surface area contributed by atoms with Crippen LogP contribution in [0, 0.1) is 11.8 Å². The maximum absolute atomic E-state index is 12.2. The molecule has 2 saturated heterocycles. The van der Waals surface area contributed by atoms with E-state index in [1.165, 1.54) is 5.56 Å². The van der Waals surface area contributed by atoms with Gasteiger partial charge in [-0.05, 0) is 56.8 Å². The second kappa shape index (κ2) is 11.7. The van der Waals surface area contributed by atoms with Gasteiger partial charge in [0.25, 0.3) is 0 Å². The summed E-state index contributed by atoms with van der Waals surface area (Å²) in [6.45, 7) is 12.4. The van der Waals surface area contributed by atoms with Crippen LogP contribution in [0.4, 0.5) is 0 Å². The van der Waals surface area contributed by atoms with Crippen molar-refractivity contribution in [2.45, 2.75) is 52.6 Å². The number of nitrogens with zero attached hydrogens (tertiary/aromatic N) is 3. The summed E-state index contributed by atoms with van der Waals surface area (Å²) < 4.78 is 0. The third-order valence-electron chi connectivity index (χ3n) is 6.25. The number of carbonyl (C=O) groups is 1. The lowest BCUT2D eigenvalue weighted by Crippen LogP contribution is -2.45. The molecule has 1 unspecified atom stereocenters. The molecule has 1 aromatic rings. The van der Waals surface area contributed by atoms with Gasteiger partial charge < -0.3 is 15.5 Å². The van der Waals surface area contributed by atoms with Gasteiger partial charge in [0.05, 0.1) is 0 Å². The zero-order valence-corrected chi connectivity index (χ0v) is 20.0. The molecule has 2 aliphatic rings. The molecule has 0 aliphatic carbocycles. The Hall–Kier alpha value is -1.79. The average molecular weight is 448 g/mol. The summed E-state index contributed by atoms with van der Waals surface area (Å²) in [6, 6.07) is 8.40. The first-order valence-electron chi connectivity index (χ1n) is 11.8. The van der Waals surface area contributed by atoms with Crippen LogP contribution in [0.3, 0.4) is 0 Å². The summed E-state index contributed by atoms with van der Waals surface area (Å²) in [7, 11) is 0. The topological polar surface area (TPSA) is 60.0 Å². The fraction of sp³-hybridized carbons (Fsp3) is 0.667. The highest BCUT2D eigenvalue weighted by molar-refractivity contribution is 6.31. The molecule has 0 radical (unpaired) electrons. The van der Waals surface area contributed by atoms with Crippen molar-refractivity contribution in [2.24, 2.45) is 16.8 Å². The van der Waals surface area contributed by atoms with E-state index in [-0.39, 0.29) is 17.9 Å². The van der Waals surface area contributed by atoms with Gasteiger partial charge in [0, 0.05) is 49.7 Å². The fourth-order valence-corrected chi connectivity index (χ4v) is 4.57. The van der Waals surface area contributed by atoms with E-state index in [0.717, 1.165) is 76.1 Å². The Bertz CT molecular complexity index is 745. The van der Waals surface area contributed by atoms with E-state index < -0.39 is 0 Å². The zero-order chi connectivity index (χ0) is 22.2. The molecular formula is C24H38ClN5O. The van der Waals surface area contributed by atoms with Gasteiger partial charge in [-0.15, -0.1) is 0 Å². The van der Waals surface area contributed by atoms with Crippen LogP contribution in [0.25, 0.3) is 0 Å². The highest BCUT2D eigenvalue weighted by atomic mass is 35.5. The molecular weight excluding hydrogens is 410 g/mol. The minimum Gasteiger partial charge on any atom is -0.357 e. The molecule has 1 amide bonds. The highest BCUT2D eigenvalue weighted by Gasteiger charge is 2.28. The lowest BCUT2D eigenvalue weighted by Gasteiger charge is -2.31. The van der Waals surface area contributed by atoms with Gasteiger partial charge in [0.2, 0.25) is 5.91 Å². The second-order valence-electron chi connectivity index (χ2n) is 9.10. The van der Waals surface area contributed by atoms with Crippen LogP contribution in [0.2, 0.25) is 5.02 Å². The molecule has 1 atom stereocenters. The van der Waals surface area contributed by atoms with Crippen LogP contribution in [-0.2, 0) is 11.3 Å². The van der Waals surface area contributed by atoms with Crippen LogP contribution >= 0.6 is 11.6 Å². The van der Waals surface area contributed by atoms with E-state index in [9.17, 15) is 4.79 Å². The van der Waals surface area contributed by atoms with E-state index in [1.807, 2.05) is 30.9 Å². The predicted molar refractivity (Wildman–Crippen MR) is 128 cm³/mol. The molecule has 31 heavy (non-hydrogen) atoms. The van der Waals surface area contributed by atoms with E-state index in [4.69, 9.17) is 16.6 Å². The van der Waals surface area contributed by atoms with Gasteiger partial charge in [0.1, 0.15) is 0 Å². The first-order valence-corrected chi connectivity index (χ1v) is 12.1. The largest absolute Gasteiger partial charge is 0.357 e. The number of halogens is 1. The minimum atomic E-state index is 0.0597. The molecule has 0 spiro atoms. The maximum Gasteiger partial charge on any atom is 0.225 e. The van der Waals surface area contributed by atoms with Crippen molar-refractivity contribution in [3.05, 3.63) is 34.9 Å². The van der Waals surface area contributed by atoms with Crippen molar-refractivity contribution in [3.63, 3.8) is 0 Å². The number of benzene rings is 1. The molecule has 0 bridgehead atoms. The first-order chi connectivity index (χ1) is 15.0. The Kier molecular flexibility index (Phi) is 9.02. The van der Waals surface area contributed by atoms with Crippen LogP contribution in [0.5, 0.6) is 0 Å². The van der Waals surface area contributed by atoms with E-state index in [0.29, 0.717) is 5.92 Å². The number of guanidine groups is 1. The number of hydrogen-bond donors (Lipinski definition) is 2. The maximum atomic E-state index is 12.2. The molecule has 1 aromatic carbocycles. The molecule has 2 heterocycles. The highest BCUT2D eigenvalue weighted by Crippen LogP contribution is 2.22. The Morgan fingerprint density at radius 2 is 1.94 bits per heavy atom. The van der Waals surface area contributed by atoms with Gasteiger partial charge in [-0.1, -0.05) is 43.6 Å². The summed E-state index contributed by atoms with van der Waals surface area (Å²) in [5.41, 5.74) is 1.21. The van der Waals surface area contributed by atoms with Crippen molar-refractivity contribution in [1.29, 1.82) is 0 Å². The molecule has 172 valence electrons. The average Bonchev–Trinajstić information content (AvgIpc) is 3.22. The van der Waals surface area contributed by atoms with Crippen molar-refractivity contribution in [2.75, 3.05) is 39.3 Å². The van der Waals surface area contributed by atoms with Crippen LogP contribution < -0.4 is 10.6 Å². The SMILES string of the molecule is CCNC(=NCC1CCN(Cc2ccccc2Cl)CC1)NC1CCN(C(=O)C(C)C)C1. The quantitative estimate of drug-likeness (QED) is 0.497. The molecule has 2 N–H and O–H groups in total. The monoisotopic (exact) mass is 447 g/mol. The van der Waals surface area contributed by atoms with E-state index >= 15 is 0 Å². The van der Waals surface area contributed by atoms with Gasteiger partial charge in [-0.3, -0.25) is 14.7 Å². The fourth-order valence-electron chi connectivity index (χ4n) is 4.37. The summed E-state index contributed by atoms with van der Waals surface area (Å²) in [4.78, 5) is 21.6. The van der Waals surface area contributed by atoms with Gasteiger partial charge >= 0.3 is 0 Å². The van der Waals surface area contributed by atoms with Crippen LogP contribution in [0.1, 0.15) is 45.6 Å². The number of aliphatic imine (C=N–C) groups is 1. The summed E-state index contributed by atoms with van der Waals surface area (Å²) in [6.07, 6.45) is 3.30. The molecule has 2 aliphatic heterocycles. The third kappa shape index (κ3) is 7.11. The van der Waals surface area contributed by atoms with E-state index in [1.54, 1.807) is 0 Å². The summed E-state index contributed by atoms with van der Waals surface area (Å²) in [5, 5.41) is 7.78. The van der Waals surface area contributed by atoms with Crippen LogP contribution in [-0.4, -0.2) is 67.0 Å². The number of amides is 1. The zero-order valence-electron chi connectivity index (χ0n) is 19.2. The third-order valence-corrected chi connectivity index (χ3v) is 6.61.